The molecule has 7 nitrogen and oxygen atoms in total. The van der Waals surface area contributed by atoms with Gasteiger partial charge in [-0.2, -0.15) is 0 Å². The third-order valence-electron chi connectivity index (χ3n) is 5.84. The second-order valence-electron chi connectivity index (χ2n) is 8.21. The molecule has 1 aromatic carbocycles. The van der Waals surface area contributed by atoms with Crippen LogP contribution >= 0.6 is 0 Å². The Morgan fingerprint density at radius 3 is 2.73 bits per heavy atom. The summed E-state index contributed by atoms with van der Waals surface area (Å²) >= 11 is 0. The van der Waals surface area contributed by atoms with E-state index in [0.29, 0.717) is 32.3 Å². The van der Waals surface area contributed by atoms with Gasteiger partial charge >= 0.3 is 0 Å². The van der Waals surface area contributed by atoms with E-state index < -0.39 is 10.0 Å². The molecule has 2 aliphatic heterocycles. The molecule has 0 bridgehead atoms. The number of pyridine rings is 1. The summed E-state index contributed by atoms with van der Waals surface area (Å²) in [5.41, 5.74) is 4.35. The van der Waals surface area contributed by atoms with Crippen molar-refractivity contribution in [3.05, 3.63) is 53.2 Å². The lowest BCUT2D eigenvalue weighted by molar-refractivity contribution is 0.303. The van der Waals surface area contributed by atoms with Gasteiger partial charge in [0.1, 0.15) is 11.6 Å². The second-order valence-corrected chi connectivity index (χ2v) is 10.2. The molecule has 158 valence electrons. The number of aliphatic imine (C=N–C) groups is 1. The first-order valence-corrected chi connectivity index (χ1v) is 12.3. The van der Waals surface area contributed by atoms with E-state index in [0.717, 1.165) is 54.2 Å². The zero-order valence-electron chi connectivity index (χ0n) is 17.1. The molecule has 0 atom stereocenters. The van der Waals surface area contributed by atoms with Crippen molar-refractivity contribution in [1.29, 1.82) is 0 Å². The number of benzene rings is 1. The van der Waals surface area contributed by atoms with E-state index in [-0.39, 0.29) is 0 Å². The number of ether oxygens (including phenoxy) is 1. The summed E-state index contributed by atoms with van der Waals surface area (Å²) in [7, 11) is -3.16. The van der Waals surface area contributed by atoms with E-state index in [1.807, 2.05) is 18.3 Å². The molecule has 1 saturated carbocycles. The van der Waals surface area contributed by atoms with Gasteiger partial charge in [-0.25, -0.2) is 17.7 Å². The first-order chi connectivity index (χ1) is 14.5. The Morgan fingerprint density at radius 2 is 1.93 bits per heavy atom. The number of anilines is 1. The van der Waals surface area contributed by atoms with Crippen LogP contribution in [0.5, 0.6) is 5.75 Å². The van der Waals surface area contributed by atoms with Crippen molar-refractivity contribution in [3.63, 3.8) is 0 Å². The highest BCUT2D eigenvalue weighted by Gasteiger charge is 2.26. The molecule has 3 aliphatic rings. The molecule has 3 heterocycles. The normalized spacial score (nSPS) is 19.9. The molecule has 0 radical (unpaired) electrons. The Morgan fingerprint density at radius 1 is 1.07 bits per heavy atom. The van der Waals surface area contributed by atoms with Crippen LogP contribution in [0.2, 0.25) is 0 Å². The number of hydrogen-bond acceptors (Lipinski definition) is 6. The highest BCUT2D eigenvalue weighted by atomic mass is 32.2. The predicted molar refractivity (Wildman–Crippen MR) is 117 cm³/mol. The van der Waals surface area contributed by atoms with Gasteiger partial charge in [-0.1, -0.05) is 6.07 Å². The SMILES string of the molecule is CS(=O)(=O)N1CCCN(c2cc(C3=NCc4ccc(OC5CC5)cc43)ccn2)CC1. The van der Waals surface area contributed by atoms with Crippen LogP contribution in [0, 0.1) is 0 Å². The third kappa shape index (κ3) is 4.06. The molecule has 0 spiro atoms. The molecule has 0 N–H and O–H groups in total. The number of rotatable bonds is 5. The fraction of sp³-hybridized carbons (Fsp3) is 0.455. The molecule has 2 fully saturated rings. The topological polar surface area (TPSA) is 75.1 Å². The number of nitrogens with zero attached hydrogens (tertiary/aromatic N) is 4. The van der Waals surface area contributed by atoms with E-state index >= 15 is 0 Å². The minimum Gasteiger partial charge on any atom is -0.490 e. The number of aromatic nitrogens is 1. The standard InChI is InChI=1S/C22H26N4O3S/c1-30(27,28)26-10-2-9-25(11-12-26)21-13-16(7-8-23-21)22-20-14-19(29-18-5-6-18)4-3-17(20)15-24-22/h3-4,7-8,13-14,18H,2,5-6,9-12,15H2,1H3. The average molecular weight is 427 g/mol. The van der Waals surface area contributed by atoms with Gasteiger partial charge in [-0.05, 0) is 49.1 Å². The summed E-state index contributed by atoms with van der Waals surface area (Å²) in [6, 6.07) is 10.3. The lowest BCUT2D eigenvalue weighted by atomic mass is 10.0. The summed E-state index contributed by atoms with van der Waals surface area (Å²) in [5, 5.41) is 0. The van der Waals surface area contributed by atoms with E-state index in [1.165, 1.54) is 11.8 Å². The van der Waals surface area contributed by atoms with Crippen molar-refractivity contribution in [2.24, 2.45) is 4.99 Å². The van der Waals surface area contributed by atoms with Crippen molar-refractivity contribution in [3.8, 4) is 5.75 Å². The second kappa shape index (κ2) is 7.67. The monoisotopic (exact) mass is 426 g/mol. The Labute approximate surface area is 177 Å². The summed E-state index contributed by atoms with van der Waals surface area (Å²) < 4.78 is 31.3. The molecule has 0 unspecified atom stereocenters. The molecular formula is C22H26N4O3S. The van der Waals surface area contributed by atoms with Crippen LogP contribution in [0.4, 0.5) is 5.82 Å². The lowest BCUT2D eigenvalue weighted by Gasteiger charge is -2.22. The Hall–Kier alpha value is -2.45. The van der Waals surface area contributed by atoms with Crippen LogP contribution < -0.4 is 9.64 Å². The van der Waals surface area contributed by atoms with Crippen LogP contribution in [-0.4, -0.2) is 62.0 Å². The summed E-state index contributed by atoms with van der Waals surface area (Å²) in [5.74, 6) is 1.78. The van der Waals surface area contributed by atoms with Gasteiger partial charge < -0.3 is 9.64 Å². The number of fused-ring (bicyclic) bond motifs is 1. The van der Waals surface area contributed by atoms with E-state index in [4.69, 9.17) is 9.73 Å². The van der Waals surface area contributed by atoms with E-state index in [1.54, 1.807) is 4.31 Å². The van der Waals surface area contributed by atoms with Gasteiger partial charge in [0.05, 0.1) is 24.6 Å². The molecule has 1 aromatic heterocycles. The van der Waals surface area contributed by atoms with Crippen LogP contribution in [0.25, 0.3) is 0 Å². The predicted octanol–water partition coefficient (Wildman–Crippen LogP) is 2.45. The minimum atomic E-state index is -3.16. The molecule has 0 amide bonds. The van der Waals surface area contributed by atoms with Crippen LogP contribution in [0.15, 0.2) is 41.5 Å². The number of hydrogen-bond donors (Lipinski definition) is 0. The lowest BCUT2D eigenvalue weighted by Crippen LogP contribution is -2.34. The maximum Gasteiger partial charge on any atom is 0.211 e. The first kappa shape index (κ1) is 19.5. The smallest absolute Gasteiger partial charge is 0.211 e. The summed E-state index contributed by atoms with van der Waals surface area (Å²) in [4.78, 5) is 11.5. The minimum absolute atomic E-state index is 0.368. The molecule has 5 rings (SSSR count). The molecular weight excluding hydrogens is 400 g/mol. The zero-order chi connectivity index (χ0) is 20.7. The highest BCUT2D eigenvalue weighted by Crippen LogP contribution is 2.31. The number of sulfonamides is 1. The maximum absolute atomic E-state index is 11.9. The van der Waals surface area contributed by atoms with Crippen LogP contribution in [-0.2, 0) is 16.6 Å². The molecule has 2 aromatic rings. The van der Waals surface area contributed by atoms with Gasteiger partial charge in [0.15, 0.2) is 0 Å². The quantitative estimate of drug-likeness (QED) is 0.734. The molecule has 30 heavy (non-hydrogen) atoms. The van der Waals surface area contributed by atoms with Gasteiger partial charge in [0, 0.05) is 43.5 Å². The largest absolute Gasteiger partial charge is 0.490 e. The molecule has 1 aliphatic carbocycles. The van der Waals surface area contributed by atoms with Gasteiger partial charge in [0.2, 0.25) is 10.0 Å². The van der Waals surface area contributed by atoms with E-state index in [2.05, 4.69) is 28.1 Å². The molecule has 1 saturated heterocycles. The van der Waals surface area contributed by atoms with Gasteiger partial charge in [-0.3, -0.25) is 4.99 Å². The van der Waals surface area contributed by atoms with Gasteiger partial charge in [-0.15, -0.1) is 0 Å². The van der Waals surface area contributed by atoms with Crippen molar-refractivity contribution >= 4 is 21.6 Å². The third-order valence-corrected chi connectivity index (χ3v) is 7.14. The zero-order valence-corrected chi connectivity index (χ0v) is 17.9. The summed E-state index contributed by atoms with van der Waals surface area (Å²) in [6.45, 7) is 3.13. The maximum atomic E-state index is 11.9. The van der Waals surface area contributed by atoms with Crippen molar-refractivity contribution in [1.82, 2.24) is 9.29 Å². The fourth-order valence-corrected chi connectivity index (χ4v) is 4.93. The Bertz CT molecular complexity index is 1100. The Balaban J connectivity index is 1.37. The van der Waals surface area contributed by atoms with Crippen molar-refractivity contribution in [2.45, 2.75) is 31.9 Å². The van der Waals surface area contributed by atoms with Crippen molar-refractivity contribution < 1.29 is 13.2 Å². The van der Waals surface area contributed by atoms with Crippen LogP contribution in [0.1, 0.15) is 36.0 Å². The van der Waals surface area contributed by atoms with Crippen molar-refractivity contribution in [2.75, 3.05) is 37.3 Å². The Kier molecular flexibility index (Phi) is 4.99. The first-order valence-electron chi connectivity index (χ1n) is 10.5. The molecule has 8 heteroatoms. The van der Waals surface area contributed by atoms with E-state index in [9.17, 15) is 8.42 Å². The van der Waals surface area contributed by atoms with Gasteiger partial charge in [0.25, 0.3) is 0 Å². The fourth-order valence-electron chi connectivity index (χ4n) is 4.05. The summed E-state index contributed by atoms with van der Waals surface area (Å²) in [6.07, 6.45) is 6.51. The van der Waals surface area contributed by atoms with Crippen LogP contribution in [0.3, 0.4) is 0 Å². The average Bonchev–Trinajstić information content (AvgIpc) is 3.49. The highest BCUT2D eigenvalue weighted by molar-refractivity contribution is 7.88.